The first-order chi connectivity index (χ1) is 12.7. The third-order valence-corrected chi connectivity index (χ3v) is 5.66. The minimum absolute atomic E-state index is 0. The molecule has 0 bridgehead atoms. The lowest BCUT2D eigenvalue weighted by Gasteiger charge is -2.38. The van der Waals surface area contributed by atoms with Gasteiger partial charge in [0.05, 0.1) is 13.7 Å². The molecule has 27 heavy (non-hydrogen) atoms. The van der Waals surface area contributed by atoms with Gasteiger partial charge in [0.15, 0.2) is 11.8 Å². The number of rotatable bonds is 4. The standard InChI is InChI=1S/C19H26N6O.HI/c1-20-18(25-11-10-19(13-25)8-3-9-19)21-12-16-22-17(24-23-16)14-4-6-15(26-2)7-5-14;/h4-7H,3,8-13H2,1-2H3,(H,20,21)(H,22,23,24);1H. The Morgan fingerprint density at radius 2 is 2.07 bits per heavy atom. The van der Waals surface area contributed by atoms with Crippen LogP contribution in [-0.4, -0.2) is 53.3 Å². The molecule has 1 aliphatic carbocycles. The van der Waals surface area contributed by atoms with Crippen molar-refractivity contribution < 1.29 is 4.74 Å². The summed E-state index contributed by atoms with van der Waals surface area (Å²) in [6.07, 6.45) is 5.41. The van der Waals surface area contributed by atoms with Gasteiger partial charge in [-0.05, 0) is 48.9 Å². The van der Waals surface area contributed by atoms with Crippen molar-refractivity contribution in [2.45, 2.75) is 32.2 Å². The molecule has 1 spiro atoms. The highest BCUT2D eigenvalue weighted by Gasteiger charge is 2.43. The number of halogens is 1. The maximum Gasteiger partial charge on any atom is 0.194 e. The number of hydrogen-bond acceptors (Lipinski definition) is 4. The molecule has 7 nitrogen and oxygen atoms in total. The highest BCUT2D eigenvalue weighted by Crippen LogP contribution is 2.47. The molecule has 2 aliphatic rings. The average Bonchev–Trinajstić information content (AvgIpc) is 3.30. The fourth-order valence-corrected chi connectivity index (χ4v) is 3.94. The summed E-state index contributed by atoms with van der Waals surface area (Å²) < 4.78 is 5.19. The van der Waals surface area contributed by atoms with Gasteiger partial charge in [-0.2, -0.15) is 5.10 Å². The lowest BCUT2D eigenvalue weighted by molar-refractivity contribution is 0.151. The quantitative estimate of drug-likeness (QED) is 0.398. The van der Waals surface area contributed by atoms with Gasteiger partial charge in [0.25, 0.3) is 0 Å². The summed E-state index contributed by atoms with van der Waals surface area (Å²) in [5.74, 6) is 3.27. The second-order valence-electron chi connectivity index (χ2n) is 7.26. The molecule has 2 N–H and O–H groups in total. The van der Waals surface area contributed by atoms with E-state index >= 15 is 0 Å². The Balaban J connectivity index is 0.00000210. The maximum atomic E-state index is 5.19. The number of aromatic nitrogens is 3. The summed E-state index contributed by atoms with van der Waals surface area (Å²) in [7, 11) is 3.50. The molecule has 2 fully saturated rings. The number of likely N-dealkylation sites (tertiary alicyclic amines) is 1. The summed E-state index contributed by atoms with van der Waals surface area (Å²) in [6.45, 7) is 2.80. The molecule has 0 amide bonds. The van der Waals surface area contributed by atoms with E-state index in [1.807, 2.05) is 31.3 Å². The van der Waals surface area contributed by atoms with E-state index < -0.39 is 0 Å². The second-order valence-corrected chi connectivity index (χ2v) is 7.26. The fourth-order valence-electron chi connectivity index (χ4n) is 3.94. The molecule has 4 rings (SSSR count). The van der Waals surface area contributed by atoms with Crippen LogP contribution in [0.2, 0.25) is 0 Å². The molecule has 1 saturated heterocycles. The number of H-pyrrole nitrogens is 1. The largest absolute Gasteiger partial charge is 0.497 e. The average molecular weight is 482 g/mol. The van der Waals surface area contributed by atoms with E-state index in [1.54, 1.807) is 7.11 Å². The van der Waals surface area contributed by atoms with Gasteiger partial charge in [-0.25, -0.2) is 4.98 Å². The Hall–Kier alpha value is -1.84. The van der Waals surface area contributed by atoms with Crippen LogP contribution < -0.4 is 10.1 Å². The number of hydrogen-bond donors (Lipinski definition) is 2. The first kappa shape index (κ1) is 19.9. The van der Waals surface area contributed by atoms with Crippen LogP contribution in [0.4, 0.5) is 0 Å². The first-order valence-corrected chi connectivity index (χ1v) is 9.23. The van der Waals surface area contributed by atoms with Crippen LogP contribution in [0.25, 0.3) is 11.4 Å². The number of aliphatic imine (C=N–C) groups is 1. The number of guanidine groups is 1. The Morgan fingerprint density at radius 3 is 2.67 bits per heavy atom. The summed E-state index contributed by atoms with van der Waals surface area (Å²) in [6, 6.07) is 7.74. The highest BCUT2D eigenvalue weighted by atomic mass is 127. The van der Waals surface area contributed by atoms with Gasteiger partial charge >= 0.3 is 0 Å². The van der Waals surface area contributed by atoms with Crippen molar-refractivity contribution in [3.05, 3.63) is 30.1 Å². The zero-order valence-electron chi connectivity index (χ0n) is 15.9. The molecular weight excluding hydrogens is 455 g/mol. The Kier molecular flexibility index (Phi) is 6.23. The van der Waals surface area contributed by atoms with Gasteiger partial charge in [0.1, 0.15) is 11.6 Å². The molecule has 1 aromatic heterocycles. The molecular formula is C19H27IN6O. The lowest BCUT2D eigenvalue weighted by Crippen LogP contribution is -2.42. The Labute approximate surface area is 177 Å². The summed E-state index contributed by atoms with van der Waals surface area (Å²) >= 11 is 0. The van der Waals surface area contributed by atoms with Crippen molar-refractivity contribution in [3.63, 3.8) is 0 Å². The minimum atomic E-state index is 0. The zero-order chi connectivity index (χ0) is 18.0. The molecule has 8 heteroatoms. The van der Waals surface area contributed by atoms with Crippen molar-refractivity contribution >= 4 is 29.9 Å². The monoisotopic (exact) mass is 482 g/mol. The molecule has 2 aromatic rings. The maximum absolute atomic E-state index is 5.19. The number of aromatic amines is 1. The normalized spacial score (nSPS) is 18.1. The van der Waals surface area contributed by atoms with Gasteiger partial charge in [0.2, 0.25) is 0 Å². The molecule has 146 valence electrons. The molecule has 1 aliphatic heterocycles. The number of ether oxygens (including phenoxy) is 1. The second kappa shape index (κ2) is 8.45. The summed E-state index contributed by atoms with van der Waals surface area (Å²) in [4.78, 5) is 11.4. The molecule has 1 aromatic carbocycles. The fraction of sp³-hybridized carbons (Fsp3) is 0.526. The summed E-state index contributed by atoms with van der Waals surface area (Å²) in [5, 5.41) is 10.8. The molecule has 2 heterocycles. The van der Waals surface area contributed by atoms with E-state index in [-0.39, 0.29) is 24.0 Å². The van der Waals surface area contributed by atoms with Crippen molar-refractivity contribution in [2.24, 2.45) is 10.4 Å². The van der Waals surface area contributed by atoms with Crippen LogP contribution >= 0.6 is 24.0 Å². The number of nitrogens with one attached hydrogen (secondary N) is 2. The van der Waals surface area contributed by atoms with Crippen LogP contribution in [0.1, 0.15) is 31.5 Å². The van der Waals surface area contributed by atoms with Crippen LogP contribution in [0.5, 0.6) is 5.75 Å². The Morgan fingerprint density at radius 1 is 1.30 bits per heavy atom. The van der Waals surface area contributed by atoms with Crippen molar-refractivity contribution in [1.82, 2.24) is 25.4 Å². The van der Waals surface area contributed by atoms with E-state index in [2.05, 4.69) is 30.4 Å². The van der Waals surface area contributed by atoms with Crippen LogP contribution in [0.15, 0.2) is 29.3 Å². The van der Waals surface area contributed by atoms with Crippen molar-refractivity contribution in [1.29, 1.82) is 0 Å². The van der Waals surface area contributed by atoms with E-state index in [4.69, 9.17) is 4.74 Å². The summed E-state index contributed by atoms with van der Waals surface area (Å²) in [5.41, 5.74) is 1.52. The predicted molar refractivity (Wildman–Crippen MR) is 116 cm³/mol. The smallest absolute Gasteiger partial charge is 0.194 e. The number of benzene rings is 1. The zero-order valence-corrected chi connectivity index (χ0v) is 18.2. The predicted octanol–water partition coefficient (Wildman–Crippen LogP) is 3.05. The van der Waals surface area contributed by atoms with Gasteiger partial charge in [-0.3, -0.25) is 10.1 Å². The van der Waals surface area contributed by atoms with Gasteiger partial charge < -0.3 is 15.0 Å². The Bertz CT molecular complexity index is 784. The SMILES string of the molecule is CN=C(NCc1nc(-c2ccc(OC)cc2)n[nH]1)N1CCC2(CCC2)C1.I. The molecule has 0 radical (unpaired) electrons. The number of methoxy groups -OCH3 is 1. The van der Waals surface area contributed by atoms with Crippen LogP contribution in [-0.2, 0) is 6.54 Å². The van der Waals surface area contributed by atoms with Crippen LogP contribution in [0, 0.1) is 5.41 Å². The van der Waals surface area contributed by atoms with Gasteiger partial charge in [-0.1, -0.05) is 6.42 Å². The third kappa shape index (κ3) is 4.20. The topological polar surface area (TPSA) is 78.4 Å². The minimum Gasteiger partial charge on any atom is -0.497 e. The van der Waals surface area contributed by atoms with E-state index in [0.29, 0.717) is 17.8 Å². The first-order valence-electron chi connectivity index (χ1n) is 9.23. The molecule has 1 saturated carbocycles. The number of nitrogens with zero attached hydrogens (tertiary/aromatic N) is 4. The van der Waals surface area contributed by atoms with Gasteiger partial charge in [-0.15, -0.1) is 24.0 Å². The highest BCUT2D eigenvalue weighted by molar-refractivity contribution is 14.0. The lowest BCUT2D eigenvalue weighted by atomic mass is 9.68. The van der Waals surface area contributed by atoms with Crippen LogP contribution in [0.3, 0.4) is 0 Å². The third-order valence-electron chi connectivity index (χ3n) is 5.66. The molecule has 0 atom stereocenters. The van der Waals surface area contributed by atoms with Gasteiger partial charge in [0, 0.05) is 25.7 Å². The van der Waals surface area contributed by atoms with E-state index in [1.165, 1.54) is 25.7 Å². The van der Waals surface area contributed by atoms with E-state index in [0.717, 1.165) is 36.2 Å². The van der Waals surface area contributed by atoms with E-state index in [9.17, 15) is 0 Å². The van der Waals surface area contributed by atoms with Crippen molar-refractivity contribution in [2.75, 3.05) is 27.2 Å². The van der Waals surface area contributed by atoms with Crippen molar-refractivity contribution in [3.8, 4) is 17.1 Å². The molecule has 0 unspecified atom stereocenters.